The van der Waals surface area contributed by atoms with Gasteiger partial charge in [-0.05, 0) is 40.4 Å². The van der Waals surface area contributed by atoms with Gasteiger partial charge in [0.25, 0.3) is 5.91 Å². The number of carbonyl (C=O) groups is 1. The molecule has 0 heterocycles. The molecule has 0 fully saturated rings. The third-order valence-electron chi connectivity index (χ3n) is 4.03. The summed E-state index contributed by atoms with van der Waals surface area (Å²) in [6.45, 7) is 0.539. The van der Waals surface area contributed by atoms with Gasteiger partial charge in [0.1, 0.15) is 0 Å². The Hall–Kier alpha value is -2.63. The SMILES string of the molecule is O=C(NCCc1cccc2ccccc12)c1ccc(B(O)O)cc1. The van der Waals surface area contributed by atoms with Gasteiger partial charge >= 0.3 is 7.12 Å². The van der Waals surface area contributed by atoms with Crippen molar-refractivity contribution >= 4 is 29.3 Å². The smallest absolute Gasteiger partial charge is 0.423 e. The number of fused-ring (bicyclic) bond motifs is 1. The molecule has 0 spiro atoms. The molecule has 0 unspecified atom stereocenters. The number of rotatable bonds is 5. The zero-order valence-electron chi connectivity index (χ0n) is 13.1. The molecule has 3 N–H and O–H groups in total. The van der Waals surface area contributed by atoms with Crippen molar-refractivity contribution in [3.8, 4) is 0 Å². The third kappa shape index (κ3) is 3.64. The summed E-state index contributed by atoms with van der Waals surface area (Å²) in [6.07, 6.45) is 0.751. The fraction of sp³-hybridized carbons (Fsp3) is 0.105. The van der Waals surface area contributed by atoms with Crippen LogP contribution in [0, 0.1) is 0 Å². The van der Waals surface area contributed by atoms with Crippen LogP contribution in [0.3, 0.4) is 0 Å². The molecule has 3 aromatic rings. The first-order chi connectivity index (χ1) is 11.6. The van der Waals surface area contributed by atoms with Crippen molar-refractivity contribution in [1.82, 2.24) is 5.32 Å². The monoisotopic (exact) mass is 319 g/mol. The van der Waals surface area contributed by atoms with Crippen LogP contribution in [0.1, 0.15) is 15.9 Å². The highest BCUT2D eigenvalue weighted by atomic mass is 16.4. The van der Waals surface area contributed by atoms with E-state index in [4.69, 9.17) is 10.0 Å². The number of nitrogens with one attached hydrogen (secondary N) is 1. The molecule has 0 bridgehead atoms. The number of hydrogen-bond acceptors (Lipinski definition) is 3. The molecule has 3 rings (SSSR count). The second-order valence-corrected chi connectivity index (χ2v) is 5.64. The Labute approximate surface area is 140 Å². The number of hydrogen-bond donors (Lipinski definition) is 3. The van der Waals surface area contributed by atoms with Gasteiger partial charge in [0.15, 0.2) is 0 Å². The molecule has 0 aromatic heterocycles. The Kier molecular flexibility index (Phi) is 4.94. The van der Waals surface area contributed by atoms with Crippen molar-refractivity contribution in [1.29, 1.82) is 0 Å². The third-order valence-corrected chi connectivity index (χ3v) is 4.03. The van der Waals surface area contributed by atoms with E-state index in [2.05, 4.69) is 29.6 Å². The first-order valence-corrected chi connectivity index (χ1v) is 7.86. The molecule has 120 valence electrons. The lowest BCUT2D eigenvalue weighted by atomic mass is 9.80. The minimum Gasteiger partial charge on any atom is -0.423 e. The Balaban J connectivity index is 1.62. The van der Waals surface area contributed by atoms with Crippen LogP contribution < -0.4 is 10.8 Å². The van der Waals surface area contributed by atoms with Crippen LogP contribution in [0.15, 0.2) is 66.7 Å². The van der Waals surface area contributed by atoms with Gasteiger partial charge in [0.05, 0.1) is 0 Å². The van der Waals surface area contributed by atoms with E-state index >= 15 is 0 Å². The summed E-state index contributed by atoms with van der Waals surface area (Å²) in [6, 6.07) is 20.6. The van der Waals surface area contributed by atoms with Crippen LogP contribution in [0.2, 0.25) is 0 Å². The van der Waals surface area contributed by atoms with E-state index in [0.29, 0.717) is 17.6 Å². The largest absolute Gasteiger partial charge is 0.488 e. The molecule has 0 aliphatic rings. The Bertz CT molecular complexity index is 841. The van der Waals surface area contributed by atoms with Gasteiger partial charge in [0.2, 0.25) is 0 Å². The van der Waals surface area contributed by atoms with E-state index in [0.717, 1.165) is 6.42 Å². The first-order valence-electron chi connectivity index (χ1n) is 7.86. The van der Waals surface area contributed by atoms with E-state index in [9.17, 15) is 4.79 Å². The topological polar surface area (TPSA) is 69.6 Å². The van der Waals surface area contributed by atoms with Gasteiger partial charge in [-0.15, -0.1) is 0 Å². The predicted molar refractivity (Wildman–Crippen MR) is 96.3 cm³/mol. The summed E-state index contributed by atoms with van der Waals surface area (Å²) in [5.41, 5.74) is 2.06. The zero-order valence-corrected chi connectivity index (χ0v) is 13.1. The maximum atomic E-state index is 12.1. The Morgan fingerprint density at radius 1 is 0.917 bits per heavy atom. The lowest BCUT2D eigenvalue weighted by Gasteiger charge is -2.08. The van der Waals surface area contributed by atoms with Gasteiger partial charge in [-0.1, -0.05) is 54.6 Å². The number of carbonyl (C=O) groups excluding carboxylic acids is 1. The normalized spacial score (nSPS) is 10.6. The molecule has 1 amide bonds. The van der Waals surface area contributed by atoms with Crippen LogP contribution in [-0.2, 0) is 6.42 Å². The van der Waals surface area contributed by atoms with E-state index in [-0.39, 0.29) is 5.91 Å². The van der Waals surface area contributed by atoms with Crippen LogP contribution in [0.25, 0.3) is 10.8 Å². The highest BCUT2D eigenvalue weighted by molar-refractivity contribution is 6.58. The molecule has 0 saturated carbocycles. The van der Waals surface area contributed by atoms with Gasteiger partial charge in [0, 0.05) is 12.1 Å². The molecule has 0 radical (unpaired) electrons. The molecule has 5 heteroatoms. The van der Waals surface area contributed by atoms with Crippen molar-refractivity contribution in [3.05, 3.63) is 77.9 Å². The molecule has 3 aromatic carbocycles. The minimum atomic E-state index is -1.52. The lowest BCUT2D eigenvalue weighted by molar-refractivity contribution is 0.0954. The van der Waals surface area contributed by atoms with Gasteiger partial charge in [-0.2, -0.15) is 0 Å². The van der Waals surface area contributed by atoms with E-state index in [1.807, 2.05) is 18.2 Å². The van der Waals surface area contributed by atoms with Gasteiger partial charge in [-0.3, -0.25) is 4.79 Å². The van der Waals surface area contributed by atoms with Crippen molar-refractivity contribution in [2.75, 3.05) is 6.54 Å². The van der Waals surface area contributed by atoms with Crippen molar-refractivity contribution in [2.45, 2.75) is 6.42 Å². The summed E-state index contributed by atoms with van der Waals surface area (Å²) < 4.78 is 0. The quantitative estimate of drug-likeness (QED) is 0.624. The first kappa shape index (κ1) is 16.2. The molecule has 0 aliphatic carbocycles. The zero-order chi connectivity index (χ0) is 16.9. The lowest BCUT2D eigenvalue weighted by Crippen LogP contribution is -2.30. The fourth-order valence-corrected chi connectivity index (χ4v) is 2.73. The second-order valence-electron chi connectivity index (χ2n) is 5.64. The van der Waals surface area contributed by atoms with Crippen LogP contribution >= 0.6 is 0 Å². The van der Waals surface area contributed by atoms with Crippen molar-refractivity contribution in [2.24, 2.45) is 0 Å². The average molecular weight is 319 g/mol. The van der Waals surface area contributed by atoms with Crippen LogP contribution in [0.4, 0.5) is 0 Å². The maximum Gasteiger partial charge on any atom is 0.488 e. The van der Waals surface area contributed by atoms with Gasteiger partial charge in [-0.25, -0.2) is 0 Å². The maximum absolute atomic E-state index is 12.1. The Morgan fingerprint density at radius 3 is 2.38 bits per heavy atom. The molecule has 0 saturated heterocycles. The molecule has 0 atom stereocenters. The van der Waals surface area contributed by atoms with Crippen LogP contribution in [0.5, 0.6) is 0 Å². The summed E-state index contributed by atoms with van der Waals surface area (Å²) in [4.78, 5) is 12.1. The fourth-order valence-electron chi connectivity index (χ4n) is 2.73. The minimum absolute atomic E-state index is 0.172. The second kappa shape index (κ2) is 7.30. The van der Waals surface area contributed by atoms with E-state index < -0.39 is 7.12 Å². The van der Waals surface area contributed by atoms with Crippen LogP contribution in [-0.4, -0.2) is 29.6 Å². The molecule has 4 nitrogen and oxygen atoms in total. The highest BCUT2D eigenvalue weighted by Gasteiger charge is 2.12. The summed E-state index contributed by atoms with van der Waals surface area (Å²) in [7, 11) is -1.52. The summed E-state index contributed by atoms with van der Waals surface area (Å²) in [5.74, 6) is -0.172. The average Bonchev–Trinajstić information content (AvgIpc) is 2.62. The molecular weight excluding hydrogens is 301 g/mol. The van der Waals surface area contributed by atoms with Crippen molar-refractivity contribution < 1.29 is 14.8 Å². The van der Waals surface area contributed by atoms with Gasteiger partial charge < -0.3 is 15.4 Å². The van der Waals surface area contributed by atoms with Crippen molar-refractivity contribution in [3.63, 3.8) is 0 Å². The summed E-state index contributed by atoms with van der Waals surface area (Å²) >= 11 is 0. The summed E-state index contributed by atoms with van der Waals surface area (Å²) in [5, 5.41) is 23.4. The molecule has 24 heavy (non-hydrogen) atoms. The molecular formula is C19H18BNO3. The highest BCUT2D eigenvalue weighted by Crippen LogP contribution is 2.18. The predicted octanol–water partition coefficient (Wildman–Crippen LogP) is 1.49. The number of benzene rings is 3. The number of amides is 1. The molecule has 0 aliphatic heterocycles. The van der Waals surface area contributed by atoms with E-state index in [1.54, 1.807) is 12.1 Å². The standard InChI is InChI=1S/C19H18BNO3/c22-19(16-8-10-17(11-9-16)20(23)24)21-13-12-15-6-3-5-14-4-1-2-7-18(14)15/h1-11,23-24H,12-13H2,(H,21,22). The van der Waals surface area contributed by atoms with E-state index in [1.165, 1.54) is 28.5 Å². The Morgan fingerprint density at radius 2 is 1.62 bits per heavy atom.